The van der Waals surface area contributed by atoms with Crippen LogP contribution in [0.5, 0.6) is 0 Å². The van der Waals surface area contributed by atoms with Gasteiger partial charge in [0, 0.05) is 22.1 Å². The molecule has 3 N–H and O–H groups in total. The Morgan fingerprint density at radius 2 is 2.35 bits per heavy atom. The lowest BCUT2D eigenvalue weighted by Gasteiger charge is -2.04. The molecule has 0 unspecified atom stereocenters. The molecule has 8 heteroatoms. The number of halogens is 1. The van der Waals surface area contributed by atoms with Crippen LogP contribution in [-0.4, -0.2) is 26.3 Å². The largest absolute Gasteiger partial charge is 0.476 e. The normalized spacial score (nSPS) is 10.8. The molecule has 2 aromatic heterocycles. The van der Waals surface area contributed by atoms with Crippen LogP contribution in [0, 0.1) is 0 Å². The van der Waals surface area contributed by atoms with E-state index in [4.69, 9.17) is 16.7 Å². The number of H-pyrrole nitrogens is 1. The highest BCUT2D eigenvalue weighted by Crippen LogP contribution is 2.23. The van der Waals surface area contributed by atoms with Crippen LogP contribution in [0.25, 0.3) is 10.9 Å². The smallest absolute Gasteiger partial charge is 0.357 e. The quantitative estimate of drug-likeness (QED) is 0.689. The number of nitrogens with zero attached hydrogens (tertiary/aromatic N) is 2. The SMILES string of the molecule is O=C(O)c1n[nH]c2ccc(NCc3cnc(Cl)s3)cc12. The lowest BCUT2D eigenvalue weighted by Crippen LogP contribution is -1.99. The molecule has 0 fully saturated rings. The summed E-state index contributed by atoms with van der Waals surface area (Å²) >= 11 is 7.16. The zero-order chi connectivity index (χ0) is 14.1. The fourth-order valence-electron chi connectivity index (χ4n) is 1.84. The van der Waals surface area contributed by atoms with E-state index >= 15 is 0 Å². The van der Waals surface area contributed by atoms with Crippen LogP contribution >= 0.6 is 22.9 Å². The Kier molecular flexibility index (Phi) is 3.29. The summed E-state index contributed by atoms with van der Waals surface area (Å²) in [7, 11) is 0. The number of aromatic nitrogens is 3. The maximum atomic E-state index is 11.0. The van der Waals surface area contributed by atoms with Crippen molar-refractivity contribution in [2.24, 2.45) is 0 Å². The number of anilines is 1. The first kappa shape index (κ1) is 12.9. The molecule has 0 atom stereocenters. The number of thiazole rings is 1. The van der Waals surface area contributed by atoms with Gasteiger partial charge in [-0.15, -0.1) is 11.3 Å². The molecule has 0 saturated carbocycles. The molecular formula is C12H9ClN4O2S. The molecule has 20 heavy (non-hydrogen) atoms. The molecule has 3 rings (SSSR count). The van der Waals surface area contributed by atoms with Gasteiger partial charge in [-0.2, -0.15) is 5.10 Å². The fraction of sp³-hybridized carbons (Fsp3) is 0.0833. The Labute approximate surface area is 122 Å². The number of aromatic amines is 1. The average Bonchev–Trinajstić information content (AvgIpc) is 3.01. The zero-order valence-corrected chi connectivity index (χ0v) is 11.6. The van der Waals surface area contributed by atoms with E-state index in [1.54, 1.807) is 18.3 Å². The number of rotatable bonds is 4. The van der Waals surface area contributed by atoms with Gasteiger partial charge in [-0.25, -0.2) is 9.78 Å². The molecule has 0 spiro atoms. The van der Waals surface area contributed by atoms with Crippen LogP contribution < -0.4 is 5.32 Å². The van der Waals surface area contributed by atoms with Crippen molar-refractivity contribution in [1.29, 1.82) is 0 Å². The van der Waals surface area contributed by atoms with Crippen LogP contribution in [-0.2, 0) is 6.54 Å². The first-order valence-corrected chi connectivity index (χ1v) is 6.88. The molecule has 0 aliphatic carbocycles. The number of nitrogens with one attached hydrogen (secondary N) is 2. The second-order valence-corrected chi connectivity index (χ2v) is 5.77. The number of aromatic carboxylic acids is 1. The zero-order valence-electron chi connectivity index (χ0n) is 10.1. The minimum Gasteiger partial charge on any atom is -0.476 e. The molecule has 0 saturated heterocycles. The lowest BCUT2D eigenvalue weighted by molar-refractivity contribution is 0.0692. The van der Waals surface area contributed by atoms with Crippen molar-refractivity contribution in [2.75, 3.05) is 5.32 Å². The third kappa shape index (κ3) is 2.45. The summed E-state index contributed by atoms with van der Waals surface area (Å²) < 4.78 is 0.500. The first-order chi connectivity index (χ1) is 9.63. The first-order valence-electron chi connectivity index (χ1n) is 5.69. The number of carbonyl (C=O) groups is 1. The lowest BCUT2D eigenvalue weighted by atomic mass is 10.2. The van der Waals surface area contributed by atoms with E-state index in [0.29, 0.717) is 21.9 Å². The summed E-state index contributed by atoms with van der Waals surface area (Å²) in [6.45, 7) is 0.580. The van der Waals surface area contributed by atoms with Crippen LogP contribution in [0.15, 0.2) is 24.4 Å². The Morgan fingerprint density at radius 1 is 1.50 bits per heavy atom. The third-order valence-corrected chi connectivity index (χ3v) is 3.87. The fourth-order valence-corrected chi connectivity index (χ4v) is 2.76. The van der Waals surface area contributed by atoms with Gasteiger partial charge < -0.3 is 10.4 Å². The van der Waals surface area contributed by atoms with E-state index in [1.807, 2.05) is 6.07 Å². The van der Waals surface area contributed by atoms with E-state index in [9.17, 15) is 4.79 Å². The summed E-state index contributed by atoms with van der Waals surface area (Å²) in [5.74, 6) is -1.05. The number of benzene rings is 1. The number of hydrogen-bond donors (Lipinski definition) is 3. The molecular weight excluding hydrogens is 300 g/mol. The summed E-state index contributed by atoms with van der Waals surface area (Å²) in [4.78, 5) is 16.0. The summed E-state index contributed by atoms with van der Waals surface area (Å²) in [6, 6.07) is 5.40. The molecule has 2 heterocycles. The molecule has 0 amide bonds. The Balaban J connectivity index is 1.84. The molecule has 0 bridgehead atoms. The number of fused-ring (bicyclic) bond motifs is 1. The van der Waals surface area contributed by atoms with E-state index < -0.39 is 5.97 Å². The second-order valence-electron chi connectivity index (χ2n) is 4.07. The van der Waals surface area contributed by atoms with Gasteiger partial charge in [-0.05, 0) is 18.2 Å². The van der Waals surface area contributed by atoms with Crippen molar-refractivity contribution in [3.05, 3.63) is 39.4 Å². The maximum Gasteiger partial charge on any atom is 0.357 e. The van der Waals surface area contributed by atoms with Gasteiger partial charge >= 0.3 is 5.97 Å². The van der Waals surface area contributed by atoms with Crippen LogP contribution in [0.2, 0.25) is 4.47 Å². The molecule has 102 valence electrons. The molecule has 0 aliphatic rings. The molecule has 6 nitrogen and oxygen atoms in total. The van der Waals surface area contributed by atoms with Crippen molar-refractivity contribution in [3.63, 3.8) is 0 Å². The van der Waals surface area contributed by atoms with E-state index in [-0.39, 0.29) is 5.69 Å². The second kappa shape index (κ2) is 5.10. The standard InChI is InChI=1S/C12H9ClN4O2S/c13-12-15-5-7(20-12)4-14-6-1-2-9-8(3-6)10(11(18)19)17-16-9/h1-3,5,14H,4H2,(H,16,17)(H,18,19). The highest BCUT2D eigenvalue weighted by molar-refractivity contribution is 7.15. The number of carboxylic acid groups (broad SMARTS) is 1. The van der Waals surface area contributed by atoms with Gasteiger partial charge in [-0.3, -0.25) is 5.10 Å². The molecule has 1 aromatic carbocycles. The van der Waals surface area contributed by atoms with Crippen molar-refractivity contribution in [2.45, 2.75) is 6.54 Å². The molecule has 0 aliphatic heterocycles. The van der Waals surface area contributed by atoms with Crippen molar-refractivity contribution in [3.8, 4) is 0 Å². The topological polar surface area (TPSA) is 90.9 Å². The van der Waals surface area contributed by atoms with Gasteiger partial charge in [0.25, 0.3) is 0 Å². The van der Waals surface area contributed by atoms with Gasteiger partial charge in [0.15, 0.2) is 10.2 Å². The van der Waals surface area contributed by atoms with Gasteiger partial charge in [-0.1, -0.05) is 11.6 Å². The van der Waals surface area contributed by atoms with Gasteiger partial charge in [0.2, 0.25) is 0 Å². The predicted molar refractivity (Wildman–Crippen MR) is 77.5 cm³/mol. The Morgan fingerprint density at radius 3 is 3.05 bits per heavy atom. The van der Waals surface area contributed by atoms with Gasteiger partial charge in [0.1, 0.15) is 0 Å². The number of hydrogen-bond acceptors (Lipinski definition) is 5. The summed E-state index contributed by atoms with van der Waals surface area (Å²) in [5.41, 5.74) is 1.52. The predicted octanol–water partition coefficient (Wildman–Crippen LogP) is 2.98. The van der Waals surface area contributed by atoms with Crippen molar-refractivity contribution < 1.29 is 9.90 Å². The average molecular weight is 309 g/mol. The van der Waals surface area contributed by atoms with E-state index in [2.05, 4.69) is 20.5 Å². The minimum atomic E-state index is -1.05. The van der Waals surface area contributed by atoms with Crippen LogP contribution in [0.1, 0.15) is 15.4 Å². The monoisotopic (exact) mass is 308 g/mol. The molecule has 3 aromatic rings. The van der Waals surface area contributed by atoms with Crippen LogP contribution in [0.4, 0.5) is 5.69 Å². The van der Waals surface area contributed by atoms with E-state index in [1.165, 1.54) is 11.3 Å². The van der Waals surface area contributed by atoms with Crippen LogP contribution in [0.3, 0.4) is 0 Å². The summed E-state index contributed by atoms with van der Waals surface area (Å²) in [5, 5.41) is 19.3. The Hall–Kier alpha value is -2.12. The van der Waals surface area contributed by atoms with Gasteiger partial charge in [0.05, 0.1) is 12.1 Å². The molecule has 0 radical (unpaired) electrons. The maximum absolute atomic E-state index is 11.0. The third-order valence-electron chi connectivity index (χ3n) is 2.76. The number of carboxylic acids is 1. The van der Waals surface area contributed by atoms with Crippen molar-refractivity contribution in [1.82, 2.24) is 15.2 Å². The highest BCUT2D eigenvalue weighted by atomic mass is 35.5. The summed E-state index contributed by atoms with van der Waals surface area (Å²) in [6.07, 6.45) is 1.71. The highest BCUT2D eigenvalue weighted by Gasteiger charge is 2.12. The van der Waals surface area contributed by atoms with E-state index in [0.717, 1.165) is 10.6 Å². The van der Waals surface area contributed by atoms with Crippen molar-refractivity contribution >= 4 is 45.5 Å². The minimum absolute atomic E-state index is 0.0180. The Bertz CT molecular complexity index is 783.